The van der Waals surface area contributed by atoms with E-state index in [0.717, 1.165) is 0 Å². The summed E-state index contributed by atoms with van der Waals surface area (Å²) in [5.74, 6) is -1.79. The van der Waals surface area contributed by atoms with E-state index in [2.05, 4.69) is 4.98 Å². The molecule has 1 aromatic carbocycles. The molecule has 8 nitrogen and oxygen atoms in total. The van der Waals surface area contributed by atoms with Gasteiger partial charge < -0.3 is 19.7 Å². The fraction of sp³-hybridized carbons (Fsp3) is 0.211. The number of carbonyl (C=O) groups is 1. The topological polar surface area (TPSA) is 110 Å². The first-order valence-electron chi connectivity index (χ1n) is 8.10. The highest BCUT2D eigenvalue weighted by Gasteiger charge is 2.27. The highest BCUT2D eigenvalue weighted by atomic mass is 16.5. The summed E-state index contributed by atoms with van der Waals surface area (Å²) in [6, 6.07) is 9.38. The lowest BCUT2D eigenvalue weighted by atomic mass is 9.89. The van der Waals surface area contributed by atoms with Crippen LogP contribution in [-0.2, 0) is 9.53 Å². The lowest BCUT2D eigenvalue weighted by molar-refractivity contribution is -0.140. The van der Waals surface area contributed by atoms with E-state index in [9.17, 15) is 19.8 Å². The number of aromatic nitrogens is 2. The van der Waals surface area contributed by atoms with Crippen molar-refractivity contribution in [2.24, 2.45) is 0 Å². The molecule has 0 saturated carbocycles. The zero-order valence-corrected chi connectivity index (χ0v) is 14.7. The Kier molecular flexibility index (Phi) is 4.98. The molecule has 0 spiro atoms. The average molecular weight is 370 g/mol. The molecule has 0 fully saturated rings. The van der Waals surface area contributed by atoms with Crippen LogP contribution in [0.1, 0.15) is 23.5 Å². The number of esters is 1. The third-order valence-electron chi connectivity index (χ3n) is 4.30. The molecule has 0 aliphatic rings. The number of methoxy groups -OCH3 is 2. The van der Waals surface area contributed by atoms with Gasteiger partial charge in [-0.15, -0.1) is 0 Å². The number of hydrogen-bond acceptors (Lipinski definition) is 7. The van der Waals surface area contributed by atoms with Crippen LogP contribution in [0.15, 0.2) is 47.4 Å². The lowest BCUT2D eigenvalue weighted by Gasteiger charge is -2.18. The molecule has 0 saturated heterocycles. The van der Waals surface area contributed by atoms with Crippen molar-refractivity contribution in [3.8, 4) is 17.4 Å². The molecule has 0 amide bonds. The van der Waals surface area contributed by atoms with E-state index < -0.39 is 23.3 Å². The van der Waals surface area contributed by atoms with Gasteiger partial charge in [0.15, 0.2) is 11.5 Å². The van der Waals surface area contributed by atoms with Gasteiger partial charge in [0.2, 0.25) is 5.88 Å². The quantitative estimate of drug-likeness (QED) is 0.659. The second kappa shape index (κ2) is 7.36. The van der Waals surface area contributed by atoms with Crippen LogP contribution in [0.2, 0.25) is 0 Å². The first-order valence-corrected chi connectivity index (χ1v) is 8.10. The predicted molar refractivity (Wildman–Crippen MR) is 96.3 cm³/mol. The van der Waals surface area contributed by atoms with Crippen molar-refractivity contribution in [3.63, 3.8) is 0 Å². The number of ether oxygens (including phenoxy) is 2. The summed E-state index contributed by atoms with van der Waals surface area (Å²) >= 11 is 0. The van der Waals surface area contributed by atoms with Gasteiger partial charge in [0.25, 0.3) is 5.56 Å². The number of aromatic hydroxyl groups is 2. The van der Waals surface area contributed by atoms with Gasteiger partial charge in [-0.2, -0.15) is 4.98 Å². The number of carbonyl (C=O) groups excluding carboxylic acids is 1. The second-order valence-corrected chi connectivity index (χ2v) is 5.85. The van der Waals surface area contributed by atoms with E-state index in [-0.39, 0.29) is 29.1 Å². The monoisotopic (exact) mass is 370 g/mol. The van der Waals surface area contributed by atoms with Crippen molar-refractivity contribution in [2.75, 3.05) is 14.2 Å². The van der Waals surface area contributed by atoms with E-state index in [1.165, 1.54) is 36.9 Å². The number of phenols is 1. The smallest absolute Gasteiger partial charge is 0.306 e. The van der Waals surface area contributed by atoms with Gasteiger partial charge in [-0.25, -0.2) is 0 Å². The van der Waals surface area contributed by atoms with Crippen molar-refractivity contribution in [2.45, 2.75) is 12.3 Å². The van der Waals surface area contributed by atoms with Gasteiger partial charge in [0.1, 0.15) is 5.65 Å². The third-order valence-corrected chi connectivity index (χ3v) is 4.30. The first kappa shape index (κ1) is 18.2. The number of phenolic OH excluding ortho intramolecular Hbond substituents is 1. The molecular formula is C19H18N2O6. The Morgan fingerprint density at radius 3 is 2.70 bits per heavy atom. The minimum atomic E-state index is -0.843. The fourth-order valence-electron chi connectivity index (χ4n) is 2.94. The molecule has 0 bridgehead atoms. The molecule has 0 aliphatic heterocycles. The second-order valence-electron chi connectivity index (χ2n) is 5.85. The van der Waals surface area contributed by atoms with Crippen LogP contribution in [0.4, 0.5) is 0 Å². The molecule has 3 rings (SSSR count). The van der Waals surface area contributed by atoms with Crippen molar-refractivity contribution < 1.29 is 24.5 Å². The molecule has 140 valence electrons. The van der Waals surface area contributed by atoms with Gasteiger partial charge in [0.05, 0.1) is 26.2 Å². The minimum absolute atomic E-state index is 0.0446. The number of nitrogens with zero attached hydrogens (tertiary/aromatic N) is 2. The molecule has 0 aliphatic carbocycles. The zero-order chi connectivity index (χ0) is 19.6. The number of fused-ring (bicyclic) bond motifs is 1. The fourth-order valence-corrected chi connectivity index (χ4v) is 2.94. The average Bonchev–Trinajstić information content (AvgIpc) is 2.67. The first-order chi connectivity index (χ1) is 13.0. The van der Waals surface area contributed by atoms with Gasteiger partial charge in [-0.05, 0) is 29.8 Å². The van der Waals surface area contributed by atoms with Crippen LogP contribution >= 0.6 is 0 Å². The molecule has 8 heteroatoms. The van der Waals surface area contributed by atoms with Crippen LogP contribution < -0.4 is 10.3 Å². The Hall–Kier alpha value is -3.55. The molecule has 1 atom stereocenters. The van der Waals surface area contributed by atoms with E-state index in [1.807, 2.05) is 0 Å². The Morgan fingerprint density at radius 2 is 2.00 bits per heavy atom. The summed E-state index contributed by atoms with van der Waals surface area (Å²) in [6.07, 6.45) is 1.33. The Labute approximate surface area is 154 Å². The van der Waals surface area contributed by atoms with Gasteiger partial charge >= 0.3 is 5.97 Å². The molecule has 2 N–H and O–H groups in total. The molecule has 3 aromatic rings. The normalized spacial score (nSPS) is 11.9. The van der Waals surface area contributed by atoms with E-state index >= 15 is 0 Å². The number of hydrogen-bond donors (Lipinski definition) is 2. The standard InChI is InChI=1S/C19H18N2O6/c1-26-14-9-11(6-7-13(14)22)12(10-16(23)27-2)17-18(24)20-15-5-3-4-8-21(15)19(17)25/h3-9,12,22,24H,10H2,1-2H3/t12-/m0/s1. The van der Waals surface area contributed by atoms with Gasteiger partial charge in [-0.1, -0.05) is 12.1 Å². The van der Waals surface area contributed by atoms with Crippen LogP contribution in [0.5, 0.6) is 17.4 Å². The van der Waals surface area contributed by atoms with Crippen molar-refractivity contribution in [1.82, 2.24) is 9.38 Å². The number of pyridine rings is 1. The Balaban J connectivity index is 2.24. The Morgan fingerprint density at radius 1 is 1.22 bits per heavy atom. The molecule has 2 heterocycles. The van der Waals surface area contributed by atoms with Crippen molar-refractivity contribution >= 4 is 11.6 Å². The highest BCUT2D eigenvalue weighted by Crippen LogP contribution is 2.36. The molecule has 27 heavy (non-hydrogen) atoms. The zero-order valence-electron chi connectivity index (χ0n) is 14.7. The lowest BCUT2D eigenvalue weighted by Crippen LogP contribution is -2.24. The van der Waals surface area contributed by atoms with E-state index in [4.69, 9.17) is 9.47 Å². The van der Waals surface area contributed by atoms with Gasteiger partial charge in [-0.3, -0.25) is 14.0 Å². The van der Waals surface area contributed by atoms with Crippen molar-refractivity contribution in [1.29, 1.82) is 0 Å². The summed E-state index contributed by atoms with van der Waals surface area (Å²) in [7, 11) is 2.63. The summed E-state index contributed by atoms with van der Waals surface area (Å²) in [5.41, 5.74) is 0.222. The van der Waals surface area contributed by atoms with E-state index in [1.54, 1.807) is 24.3 Å². The summed E-state index contributed by atoms with van der Waals surface area (Å²) in [5, 5.41) is 20.3. The highest BCUT2D eigenvalue weighted by molar-refractivity contribution is 5.71. The summed E-state index contributed by atoms with van der Waals surface area (Å²) in [4.78, 5) is 29.0. The molecule has 2 aromatic heterocycles. The Bertz CT molecular complexity index is 1060. The minimum Gasteiger partial charge on any atom is -0.504 e. The maximum Gasteiger partial charge on any atom is 0.306 e. The largest absolute Gasteiger partial charge is 0.504 e. The van der Waals surface area contributed by atoms with Crippen LogP contribution in [-0.4, -0.2) is 39.8 Å². The van der Waals surface area contributed by atoms with Gasteiger partial charge in [0, 0.05) is 12.1 Å². The molecule has 0 radical (unpaired) electrons. The van der Waals surface area contributed by atoms with Crippen molar-refractivity contribution in [3.05, 3.63) is 64.1 Å². The maximum atomic E-state index is 13.0. The van der Waals surface area contributed by atoms with Crippen LogP contribution in [0.3, 0.4) is 0 Å². The predicted octanol–water partition coefficient (Wildman–Crippen LogP) is 1.81. The van der Waals surface area contributed by atoms with Crippen LogP contribution in [0, 0.1) is 0 Å². The number of benzene rings is 1. The van der Waals surface area contributed by atoms with E-state index in [0.29, 0.717) is 5.56 Å². The molecular weight excluding hydrogens is 352 g/mol. The maximum absolute atomic E-state index is 13.0. The third kappa shape index (κ3) is 3.41. The van der Waals surface area contributed by atoms with Crippen LogP contribution in [0.25, 0.3) is 5.65 Å². The summed E-state index contributed by atoms with van der Waals surface area (Å²) < 4.78 is 11.1. The summed E-state index contributed by atoms with van der Waals surface area (Å²) in [6.45, 7) is 0. The molecule has 0 unspecified atom stereocenters. The number of rotatable bonds is 5. The SMILES string of the molecule is COC(=O)C[C@@H](c1ccc(O)c(OC)c1)c1c(O)nc2ccccn2c1=O.